The largest absolute Gasteiger partial charge is 0.467 e. The number of Topliss-reactive ketones (excluding diaryl/α,β-unsaturated/α-hetero) is 1. The lowest BCUT2D eigenvalue weighted by Gasteiger charge is -2.26. The van der Waals surface area contributed by atoms with Gasteiger partial charge in [0.15, 0.2) is 5.50 Å². The normalized spacial score (nSPS) is 18.9. The molecule has 32 heavy (non-hydrogen) atoms. The standard InChI is InChI=1S/C19H13B3FNO7S/c1-29-17(26)12-8-7-11(9-13(12)23)18(20)15(25)14(16(24)30-18)31-32(27,28)19(21,22)10-5-3-2-4-6-10/h2-9H,24H2,1H3. The van der Waals surface area contributed by atoms with Crippen LogP contribution in [0.2, 0.25) is 0 Å². The van der Waals surface area contributed by atoms with Crippen LogP contribution in [-0.2, 0) is 38.6 Å². The number of benzene rings is 2. The number of esters is 1. The van der Waals surface area contributed by atoms with E-state index in [4.69, 9.17) is 38.2 Å². The summed E-state index contributed by atoms with van der Waals surface area (Å²) in [7, 11) is 13.7. The Morgan fingerprint density at radius 2 is 1.81 bits per heavy atom. The Balaban J connectivity index is 1.93. The average molecular weight is 451 g/mol. The second-order valence-electron chi connectivity index (χ2n) is 6.74. The molecule has 0 bridgehead atoms. The average Bonchev–Trinajstić information content (AvgIpc) is 2.97. The van der Waals surface area contributed by atoms with Crippen molar-refractivity contribution in [3.05, 3.63) is 82.7 Å². The van der Waals surface area contributed by atoms with Gasteiger partial charge in [0.2, 0.25) is 17.4 Å². The number of ether oxygens (including phenoxy) is 2. The molecule has 0 saturated carbocycles. The highest BCUT2D eigenvalue weighted by atomic mass is 32.2. The molecule has 1 atom stereocenters. The zero-order valence-corrected chi connectivity index (χ0v) is 17.4. The van der Waals surface area contributed by atoms with Gasteiger partial charge in [-0.15, -0.1) is 0 Å². The van der Waals surface area contributed by atoms with Crippen molar-refractivity contribution in [3.63, 3.8) is 0 Å². The number of methoxy groups -OCH3 is 1. The van der Waals surface area contributed by atoms with Crippen LogP contribution in [0.4, 0.5) is 4.39 Å². The number of ketones is 1. The molecular formula is C19H13B3FNO7S. The number of hydrogen-bond donors (Lipinski definition) is 1. The Morgan fingerprint density at radius 3 is 2.38 bits per heavy atom. The van der Waals surface area contributed by atoms with Crippen molar-refractivity contribution >= 4 is 45.4 Å². The van der Waals surface area contributed by atoms with E-state index in [1.807, 2.05) is 0 Å². The molecule has 2 aromatic carbocycles. The quantitative estimate of drug-likeness (QED) is 0.375. The Kier molecular flexibility index (Phi) is 5.90. The first-order valence-electron chi connectivity index (χ1n) is 8.83. The van der Waals surface area contributed by atoms with Crippen LogP contribution in [0.5, 0.6) is 0 Å². The number of hydrogen-bond acceptors (Lipinski definition) is 8. The summed E-state index contributed by atoms with van der Waals surface area (Å²) in [6.45, 7) is 0. The fraction of sp³-hybridized carbons (Fsp3) is 0.158. The minimum Gasteiger partial charge on any atom is -0.467 e. The maximum absolute atomic E-state index is 14.3. The Bertz CT molecular complexity index is 1230. The molecule has 2 N–H and O–H groups in total. The van der Waals surface area contributed by atoms with Gasteiger partial charge in [-0.05, 0) is 23.3 Å². The Labute approximate surface area is 187 Å². The van der Waals surface area contributed by atoms with Crippen LogP contribution in [0.25, 0.3) is 0 Å². The lowest BCUT2D eigenvalue weighted by Crippen LogP contribution is -2.40. The van der Waals surface area contributed by atoms with Gasteiger partial charge in [-0.1, -0.05) is 36.4 Å². The van der Waals surface area contributed by atoms with E-state index in [-0.39, 0.29) is 11.1 Å². The predicted molar refractivity (Wildman–Crippen MR) is 112 cm³/mol. The van der Waals surface area contributed by atoms with Crippen LogP contribution in [0.3, 0.4) is 0 Å². The molecule has 1 unspecified atom stereocenters. The Hall–Kier alpha value is -3.21. The third-order valence-electron chi connectivity index (χ3n) is 4.67. The van der Waals surface area contributed by atoms with E-state index in [2.05, 4.69) is 4.74 Å². The van der Waals surface area contributed by atoms with E-state index in [9.17, 15) is 22.4 Å². The molecule has 158 valence electrons. The van der Waals surface area contributed by atoms with E-state index in [0.29, 0.717) is 0 Å². The summed E-state index contributed by atoms with van der Waals surface area (Å²) in [4.78, 5) is 24.4. The SMILES string of the molecule is [B]C1(c2ccc(C(=O)OC)c(F)c2)OC(N)=C(OS(=O)(=O)C([B])([B])c2ccccc2)C1=O. The van der Waals surface area contributed by atoms with Crippen LogP contribution in [0.15, 0.2) is 60.2 Å². The number of carbonyl (C=O) groups excluding carboxylic acids is 2. The molecule has 0 fully saturated rings. The molecule has 3 rings (SSSR count). The molecule has 13 heteroatoms. The zero-order chi connectivity index (χ0) is 23.9. The second-order valence-corrected chi connectivity index (χ2v) is 8.49. The molecule has 6 radical (unpaired) electrons. The third kappa shape index (κ3) is 3.77. The van der Waals surface area contributed by atoms with Crippen LogP contribution >= 0.6 is 0 Å². The molecule has 1 aliphatic rings. The molecule has 0 aromatic heterocycles. The molecule has 0 aliphatic carbocycles. The summed E-state index contributed by atoms with van der Waals surface area (Å²) < 4.78 is 51.6. The van der Waals surface area contributed by atoms with E-state index < -0.39 is 54.9 Å². The highest BCUT2D eigenvalue weighted by Gasteiger charge is 2.50. The maximum atomic E-state index is 14.3. The summed E-state index contributed by atoms with van der Waals surface area (Å²) in [6.07, 6.45) is 0. The van der Waals surface area contributed by atoms with Crippen molar-refractivity contribution in [2.24, 2.45) is 5.73 Å². The molecule has 1 heterocycles. The minimum absolute atomic E-state index is 0.0370. The first-order valence-corrected chi connectivity index (χ1v) is 10.2. The first-order chi connectivity index (χ1) is 14.8. The van der Waals surface area contributed by atoms with Crippen molar-refractivity contribution in [2.45, 2.75) is 10.0 Å². The van der Waals surface area contributed by atoms with Gasteiger partial charge in [0.1, 0.15) is 13.7 Å². The summed E-state index contributed by atoms with van der Waals surface area (Å²) in [5.41, 5.74) is 2.45. The molecule has 2 aromatic rings. The van der Waals surface area contributed by atoms with E-state index in [1.54, 1.807) is 6.07 Å². The smallest absolute Gasteiger partial charge is 0.340 e. The van der Waals surface area contributed by atoms with Gasteiger partial charge >= 0.3 is 16.1 Å². The van der Waals surface area contributed by atoms with E-state index >= 15 is 0 Å². The van der Waals surface area contributed by atoms with Crippen LogP contribution < -0.4 is 5.73 Å². The van der Waals surface area contributed by atoms with Crippen molar-refractivity contribution < 1.29 is 36.1 Å². The number of rotatable bonds is 6. The minimum atomic E-state index is -4.90. The first kappa shape index (κ1) is 23.5. The maximum Gasteiger partial charge on any atom is 0.340 e. The van der Waals surface area contributed by atoms with Crippen LogP contribution in [-0.4, -0.2) is 50.8 Å². The van der Waals surface area contributed by atoms with Crippen LogP contribution in [0.1, 0.15) is 21.5 Å². The fourth-order valence-electron chi connectivity index (χ4n) is 2.86. The summed E-state index contributed by atoms with van der Waals surface area (Å²) in [6, 6.07) is 10.1. The van der Waals surface area contributed by atoms with E-state index in [1.165, 1.54) is 24.3 Å². The summed E-state index contributed by atoms with van der Waals surface area (Å²) in [5, 5.41) is 0. The van der Waals surface area contributed by atoms with E-state index in [0.717, 1.165) is 25.3 Å². The molecular weight excluding hydrogens is 438 g/mol. The zero-order valence-electron chi connectivity index (χ0n) is 16.6. The van der Waals surface area contributed by atoms with Crippen molar-refractivity contribution in [3.8, 4) is 0 Å². The topological polar surface area (TPSA) is 122 Å². The lowest BCUT2D eigenvalue weighted by molar-refractivity contribution is -0.126. The van der Waals surface area contributed by atoms with Gasteiger partial charge in [-0.2, -0.15) is 8.42 Å². The molecule has 0 spiro atoms. The molecule has 8 nitrogen and oxygen atoms in total. The highest BCUT2D eigenvalue weighted by molar-refractivity contribution is 7.90. The summed E-state index contributed by atoms with van der Waals surface area (Å²) in [5.74, 6) is -5.05. The number of carbonyl (C=O) groups is 2. The number of halogens is 1. The van der Waals surface area contributed by atoms with Gasteiger partial charge in [0.05, 0.1) is 32.9 Å². The second kappa shape index (κ2) is 8.05. The fourth-order valence-corrected chi connectivity index (χ4v) is 3.80. The lowest BCUT2D eigenvalue weighted by atomic mass is 9.65. The molecule has 0 amide bonds. The molecule has 0 saturated heterocycles. The van der Waals surface area contributed by atoms with Gasteiger partial charge in [0.25, 0.3) is 0 Å². The van der Waals surface area contributed by atoms with Gasteiger partial charge < -0.3 is 19.4 Å². The van der Waals surface area contributed by atoms with Gasteiger partial charge in [0, 0.05) is 0 Å². The van der Waals surface area contributed by atoms with Gasteiger partial charge in [-0.3, -0.25) is 4.79 Å². The summed E-state index contributed by atoms with van der Waals surface area (Å²) >= 11 is 0. The third-order valence-corrected chi connectivity index (χ3v) is 6.12. The van der Waals surface area contributed by atoms with Crippen LogP contribution in [0, 0.1) is 5.82 Å². The molecule has 1 aliphatic heterocycles. The number of nitrogens with two attached hydrogens (primary N) is 1. The van der Waals surface area contributed by atoms with Crippen molar-refractivity contribution in [2.75, 3.05) is 7.11 Å². The predicted octanol–water partition coefficient (Wildman–Crippen LogP) is 0.155. The monoisotopic (exact) mass is 451 g/mol. The van der Waals surface area contributed by atoms with Gasteiger partial charge in [-0.25, -0.2) is 9.18 Å². The Morgan fingerprint density at radius 1 is 1.19 bits per heavy atom. The van der Waals surface area contributed by atoms with Crippen molar-refractivity contribution in [1.82, 2.24) is 0 Å². The van der Waals surface area contributed by atoms with Crippen molar-refractivity contribution in [1.29, 1.82) is 0 Å². The highest BCUT2D eigenvalue weighted by Crippen LogP contribution is 2.38.